The van der Waals surface area contributed by atoms with Crippen molar-refractivity contribution in [2.45, 2.75) is 25.3 Å². The number of nitrogens with one attached hydrogen (secondary N) is 2. The summed E-state index contributed by atoms with van der Waals surface area (Å²) in [6.07, 6.45) is 2.02. The van der Waals surface area contributed by atoms with Gasteiger partial charge in [-0.25, -0.2) is 0 Å². The highest BCUT2D eigenvalue weighted by Crippen LogP contribution is 2.01. The standard InChI is InChI=1S/C8H13N3O/c9-4-1-5-10-7-2-3-8(12)11-6-7/h7,10H,1-3,5-6H2,(H,11,12). The van der Waals surface area contributed by atoms with Gasteiger partial charge in [-0.1, -0.05) is 0 Å². The average Bonchev–Trinajstić information content (AvgIpc) is 2.09. The highest BCUT2D eigenvalue weighted by molar-refractivity contribution is 5.76. The lowest BCUT2D eigenvalue weighted by atomic mass is 10.1. The Hall–Kier alpha value is -1.08. The van der Waals surface area contributed by atoms with E-state index in [0.717, 1.165) is 13.0 Å². The molecule has 0 aromatic rings. The molecule has 0 aliphatic carbocycles. The monoisotopic (exact) mass is 167 g/mol. The molecule has 1 aliphatic heterocycles. The van der Waals surface area contributed by atoms with Crippen LogP contribution in [0.15, 0.2) is 0 Å². The molecular formula is C8H13N3O. The molecule has 0 radical (unpaired) electrons. The molecule has 4 nitrogen and oxygen atoms in total. The smallest absolute Gasteiger partial charge is 0.220 e. The first-order chi connectivity index (χ1) is 5.83. The quantitative estimate of drug-likeness (QED) is 0.570. The van der Waals surface area contributed by atoms with Crippen molar-refractivity contribution in [2.75, 3.05) is 13.1 Å². The third-order valence-electron chi connectivity index (χ3n) is 1.94. The second-order valence-electron chi connectivity index (χ2n) is 2.90. The van der Waals surface area contributed by atoms with Crippen LogP contribution in [0.1, 0.15) is 19.3 Å². The molecule has 1 heterocycles. The lowest BCUT2D eigenvalue weighted by Crippen LogP contribution is -2.45. The van der Waals surface area contributed by atoms with E-state index < -0.39 is 0 Å². The number of amides is 1. The lowest BCUT2D eigenvalue weighted by molar-refractivity contribution is -0.122. The van der Waals surface area contributed by atoms with E-state index >= 15 is 0 Å². The van der Waals surface area contributed by atoms with E-state index in [1.165, 1.54) is 0 Å². The van der Waals surface area contributed by atoms with Gasteiger partial charge in [-0.15, -0.1) is 0 Å². The Balaban J connectivity index is 2.10. The van der Waals surface area contributed by atoms with Crippen LogP contribution in [-0.4, -0.2) is 25.0 Å². The van der Waals surface area contributed by atoms with Crippen LogP contribution in [0.25, 0.3) is 0 Å². The second kappa shape index (κ2) is 4.73. The molecule has 0 saturated carbocycles. The summed E-state index contributed by atoms with van der Waals surface area (Å²) in [5.74, 6) is 0.133. The maximum Gasteiger partial charge on any atom is 0.220 e. The molecule has 0 aromatic heterocycles. The summed E-state index contributed by atoms with van der Waals surface area (Å²) < 4.78 is 0. The van der Waals surface area contributed by atoms with Crippen LogP contribution in [0.2, 0.25) is 0 Å². The van der Waals surface area contributed by atoms with Crippen LogP contribution < -0.4 is 10.6 Å². The van der Waals surface area contributed by atoms with Gasteiger partial charge in [0.2, 0.25) is 5.91 Å². The lowest BCUT2D eigenvalue weighted by Gasteiger charge is -2.22. The molecule has 1 rings (SSSR count). The number of hydrogen-bond donors (Lipinski definition) is 2. The van der Waals surface area contributed by atoms with E-state index in [-0.39, 0.29) is 5.91 Å². The third kappa shape index (κ3) is 2.89. The predicted octanol–water partition coefficient (Wildman–Crippen LogP) is -0.232. The zero-order chi connectivity index (χ0) is 8.81. The number of rotatable bonds is 3. The fraction of sp³-hybridized carbons (Fsp3) is 0.750. The zero-order valence-electron chi connectivity index (χ0n) is 6.97. The van der Waals surface area contributed by atoms with Gasteiger partial charge < -0.3 is 10.6 Å². The molecule has 4 heteroatoms. The summed E-state index contributed by atoms with van der Waals surface area (Å²) in [5.41, 5.74) is 0. The predicted molar refractivity (Wildman–Crippen MR) is 44.3 cm³/mol. The normalized spacial score (nSPS) is 22.9. The Labute approximate surface area is 71.9 Å². The number of carbonyl (C=O) groups is 1. The molecule has 12 heavy (non-hydrogen) atoms. The largest absolute Gasteiger partial charge is 0.355 e. The molecule has 0 spiro atoms. The molecule has 0 aromatic carbocycles. The first-order valence-corrected chi connectivity index (χ1v) is 4.20. The van der Waals surface area contributed by atoms with Gasteiger partial charge in [0.05, 0.1) is 6.07 Å². The number of hydrogen-bond acceptors (Lipinski definition) is 3. The van der Waals surface area contributed by atoms with Crippen molar-refractivity contribution in [3.05, 3.63) is 0 Å². The molecule has 1 atom stereocenters. The van der Waals surface area contributed by atoms with E-state index in [1.807, 2.05) is 0 Å². The number of nitriles is 1. The third-order valence-corrected chi connectivity index (χ3v) is 1.94. The summed E-state index contributed by atoms with van der Waals surface area (Å²) in [6, 6.07) is 2.42. The van der Waals surface area contributed by atoms with Gasteiger partial charge in [0.1, 0.15) is 0 Å². The van der Waals surface area contributed by atoms with Crippen molar-refractivity contribution < 1.29 is 4.79 Å². The van der Waals surface area contributed by atoms with Crippen molar-refractivity contribution in [3.63, 3.8) is 0 Å². The Bertz CT molecular complexity index is 187. The van der Waals surface area contributed by atoms with Crippen LogP contribution in [0.4, 0.5) is 0 Å². The van der Waals surface area contributed by atoms with E-state index in [2.05, 4.69) is 16.7 Å². The SMILES string of the molecule is N#CCCNC1CCC(=O)NC1. The van der Waals surface area contributed by atoms with Crippen molar-refractivity contribution in [1.29, 1.82) is 5.26 Å². The average molecular weight is 167 g/mol. The minimum Gasteiger partial charge on any atom is -0.355 e. The Kier molecular flexibility index (Phi) is 3.55. The number of carbonyl (C=O) groups excluding carboxylic acids is 1. The van der Waals surface area contributed by atoms with Crippen molar-refractivity contribution >= 4 is 5.91 Å². The minimum atomic E-state index is 0.133. The van der Waals surface area contributed by atoms with Crippen LogP contribution in [0, 0.1) is 11.3 Å². The molecule has 1 amide bonds. The second-order valence-corrected chi connectivity index (χ2v) is 2.90. The first-order valence-electron chi connectivity index (χ1n) is 4.20. The van der Waals surface area contributed by atoms with Crippen LogP contribution in [-0.2, 0) is 4.79 Å². The van der Waals surface area contributed by atoms with E-state index in [9.17, 15) is 4.79 Å². The van der Waals surface area contributed by atoms with Gasteiger partial charge in [0, 0.05) is 32.0 Å². The Morgan fingerprint density at radius 2 is 2.58 bits per heavy atom. The topological polar surface area (TPSA) is 64.9 Å². The molecule has 2 N–H and O–H groups in total. The summed E-state index contributed by atoms with van der Waals surface area (Å²) in [5, 5.41) is 14.3. The molecule has 1 fully saturated rings. The molecule has 1 aliphatic rings. The van der Waals surface area contributed by atoms with Crippen LogP contribution in [0.3, 0.4) is 0 Å². The molecule has 66 valence electrons. The fourth-order valence-electron chi connectivity index (χ4n) is 1.24. The van der Waals surface area contributed by atoms with Gasteiger partial charge in [-0.3, -0.25) is 4.79 Å². The highest BCUT2D eigenvalue weighted by Gasteiger charge is 2.16. The van der Waals surface area contributed by atoms with E-state index in [1.54, 1.807) is 0 Å². The fourth-order valence-corrected chi connectivity index (χ4v) is 1.24. The Morgan fingerprint density at radius 1 is 1.75 bits per heavy atom. The maximum absolute atomic E-state index is 10.7. The van der Waals surface area contributed by atoms with Crippen molar-refractivity contribution in [3.8, 4) is 6.07 Å². The van der Waals surface area contributed by atoms with E-state index in [0.29, 0.717) is 25.4 Å². The van der Waals surface area contributed by atoms with Gasteiger partial charge in [-0.2, -0.15) is 5.26 Å². The summed E-state index contributed by atoms with van der Waals surface area (Å²) in [7, 11) is 0. The zero-order valence-corrected chi connectivity index (χ0v) is 6.97. The Morgan fingerprint density at radius 3 is 3.17 bits per heavy atom. The van der Waals surface area contributed by atoms with Crippen LogP contribution in [0.5, 0.6) is 0 Å². The minimum absolute atomic E-state index is 0.133. The summed E-state index contributed by atoms with van der Waals surface area (Å²) in [6.45, 7) is 1.42. The van der Waals surface area contributed by atoms with Crippen molar-refractivity contribution in [2.24, 2.45) is 0 Å². The summed E-state index contributed by atoms with van der Waals surface area (Å²) in [4.78, 5) is 10.7. The first kappa shape index (κ1) is 9.01. The van der Waals surface area contributed by atoms with Gasteiger partial charge in [0.25, 0.3) is 0 Å². The van der Waals surface area contributed by atoms with Gasteiger partial charge >= 0.3 is 0 Å². The molecular weight excluding hydrogens is 154 g/mol. The van der Waals surface area contributed by atoms with Crippen molar-refractivity contribution in [1.82, 2.24) is 10.6 Å². The molecule has 0 bridgehead atoms. The summed E-state index contributed by atoms with van der Waals surface area (Å²) >= 11 is 0. The highest BCUT2D eigenvalue weighted by atomic mass is 16.1. The number of piperidine rings is 1. The van der Waals surface area contributed by atoms with Gasteiger partial charge in [0.15, 0.2) is 0 Å². The molecule has 1 unspecified atom stereocenters. The van der Waals surface area contributed by atoms with Crippen LogP contribution >= 0.6 is 0 Å². The maximum atomic E-state index is 10.7. The van der Waals surface area contributed by atoms with Gasteiger partial charge in [-0.05, 0) is 6.42 Å². The van der Waals surface area contributed by atoms with E-state index in [4.69, 9.17) is 5.26 Å². The molecule has 1 saturated heterocycles. The number of nitrogens with zero attached hydrogens (tertiary/aromatic N) is 1.